The number of nitrogens with one attached hydrogen (secondary N) is 1. The molecule has 0 radical (unpaired) electrons. The lowest BCUT2D eigenvalue weighted by atomic mass is 9.79. The summed E-state index contributed by atoms with van der Waals surface area (Å²) < 4.78 is 0. The molecule has 15 heavy (non-hydrogen) atoms. The van der Waals surface area contributed by atoms with E-state index in [0.29, 0.717) is 0 Å². The standard InChI is InChI=1S/C13H26N2/c14-9-12(10-15-13-7-4-8-13)11-5-2-1-3-6-11/h11-13,15H,1-10,14H2. The summed E-state index contributed by atoms with van der Waals surface area (Å²) in [7, 11) is 0. The fraction of sp³-hybridized carbons (Fsp3) is 1.00. The number of hydrogen-bond donors (Lipinski definition) is 2. The van der Waals surface area contributed by atoms with Crippen LogP contribution in [-0.4, -0.2) is 19.1 Å². The molecule has 1 atom stereocenters. The van der Waals surface area contributed by atoms with Gasteiger partial charge in [-0.3, -0.25) is 0 Å². The zero-order valence-corrected chi connectivity index (χ0v) is 9.88. The van der Waals surface area contributed by atoms with E-state index >= 15 is 0 Å². The minimum Gasteiger partial charge on any atom is -0.330 e. The highest BCUT2D eigenvalue weighted by Crippen LogP contribution is 2.29. The monoisotopic (exact) mass is 210 g/mol. The quantitative estimate of drug-likeness (QED) is 0.730. The van der Waals surface area contributed by atoms with E-state index in [0.717, 1.165) is 24.4 Å². The van der Waals surface area contributed by atoms with Crippen molar-refractivity contribution < 1.29 is 0 Å². The van der Waals surface area contributed by atoms with Crippen LogP contribution in [0.15, 0.2) is 0 Å². The van der Waals surface area contributed by atoms with Crippen molar-refractivity contribution in [2.75, 3.05) is 13.1 Å². The Kier molecular flexibility index (Phi) is 4.45. The highest BCUT2D eigenvalue weighted by molar-refractivity contribution is 4.81. The molecule has 0 heterocycles. The van der Waals surface area contributed by atoms with Gasteiger partial charge >= 0.3 is 0 Å². The van der Waals surface area contributed by atoms with E-state index in [-0.39, 0.29) is 0 Å². The molecule has 0 aliphatic heterocycles. The molecule has 0 aromatic carbocycles. The van der Waals surface area contributed by atoms with Gasteiger partial charge in [-0.15, -0.1) is 0 Å². The van der Waals surface area contributed by atoms with Crippen LogP contribution in [0.2, 0.25) is 0 Å². The third-order valence-electron chi connectivity index (χ3n) is 4.39. The van der Waals surface area contributed by atoms with Crippen molar-refractivity contribution in [3.8, 4) is 0 Å². The normalized spacial score (nSPS) is 26.2. The van der Waals surface area contributed by atoms with Gasteiger partial charge in [0.05, 0.1) is 0 Å². The third kappa shape index (κ3) is 3.18. The molecule has 2 aliphatic rings. The summed E-state index contributed by atoms with van der Waals surface area (Å²) in [5.74, 6) is 1.65. The van der Waals surface area contributed by atoms with Crippen molar-refractivity contribution in [3.05, 3.63) is 0 Å². The Bertz CT molecular complexity index is 171. The second-order valence-electron chi connectivity index (χ2n) is 5.43. The van der Waals surface area contributed by atoms with Crippen LogP contribution in [0, 0.1) is 11.8 Å². The summed E-state index contributed by atoms with van der Waals surface area (Å²) in [6.07, 6.45) is 11.4. The zero-order chi connectivity index (χ0) is 10.5. The van der Waals surface area contributed by atoms with E-state index in [1.54, 1.807) is 0 Å². The van der Waals surface area contributed by atoms with Gasteiger partial charge in [-0.1, -0.05) is 38.5 Å². The lowest BCUT2D eigenvalue weighted by Crippen LogP contribution is -2.42. The van der Waals surface area contributed by atoms with Crippen molar-refractivity contribution >= 4 is 0 Å². The minimum atomic E-state index is 0.742. The van der Waals surface area contributed by atoms with Crippen LogP contribution in [0.4, 0.5) is 0 Å². The number of nitrogens with two attached hydrogens (primary N) is 1. The summed E-state index contributed by atoms with van der Waals surface area (Å²) in [6.45, 7) is 2.05. The van der Waals surface area contributed by atoms with Crippen LogP contribution in [0.1, 0.15) is 51.4 Å². The van der Waals surface area contributed by atoms with E-state index in [4.69, 9.17) is 5.73 Å². The van der Waals surface area contributed by atoms with Gasteiger partial charge in [0, 0.05) is 6.04 Å². The van der Waals surface area contributed by atoms with Gasteiger partial charge in [-0.2, -0.15) is 0 Å². The molecule has 2 fully saturated rings. The van der Waals surface area contributed by atoms with Crippen LogP contribution < -0.4 is 11.1 Å². The molecule has 2 heteroatoms. The molecule has 0 aromatic heterocycles. The number of hydrogen-bond acceptors (Lipinski definition) is 2. The summed E-state index contributed by atoms with van der Waals surface area (Å²) >= 11 is 0. The zero-order valence-electron chi connectivity index (χ0n) is 9.88. The van der Waals surface area contributed by atoms with Crippen molar-refractivity contribution in [2.45, 2.75) is 57.4 Å². The Balaban J connectivity index is 1.69. The maximum absolute atomic E-state index is 5.91. The molecule has 88 valence electrons. The number of rotatable bonds is 5. The Labute approximate surface area is 94.0 Å². The van der Waals surface area contributed by atoms with Crippen molar-refractivity contribution in [2.24, 2.45) is 17.6 Å². The molecule has 2 nitrogen and oxygen atoms in total. The van der Waals surface area contributed by atoms with Crippen LogP contribution >= 0.6 is 0 Å². The first-order chi connectivity index (χ1) is 7.40. The highest BCUT2D eigenvalue weighted by atomic mass is 14.9. The summed E-state index contributed by atoms with van der Waals surface area (Å²) in [5.41, 5.74) is 5.91. The first-order valence-corrected chi connectivity index (χ1v) is 6.83. The first-order valence-electron chi connectivity index (χ1n) is 6.83. The second-order valence-corrected chi connectivity index (χ2v) is 5.43. The van der Waals surface area contributed by atoms with Crippen molar-refractivity contribution in [3.63, 3.8) is 0 Å². The molecule has 2 saturated carbocycles. The van der Waals surface area contributed by atoms with Crippen molar-refractivity contribution in [1.82, 2.24) is 5.32 Å². The molecule has 0 aromatic rings. The lowest BCUT2D eigenvalue weighted by Gasteiger charge is -2.33. The molecular weight excluding hydrogens is 184 g/mol. The van der Waals surface area contributed by atoms with Crippen molar-refractivity contribution in [1.29, 1.82) is 0 Å². The van der Waals surface area contributed by atoms with Crippen LogP contribution in [0.3, 0.4) is 0 Å². The van der Waals surface area contributed by atoms with E-state index in [1.165, 1.54) is 57.9 Å². The average Bonchev–Trinajstić information content (AvgIpc) is 2.23. The first kappa shape index (κ1) is 11.4. The predicted molar refractivity (Wildman–Crippen MR) is 64.8 cm³/mol. The van der Waals surface area contributed by atoms with Gasteiger partial charge in [0.25, 0.3) is 0 Å². The lowest BCUT2D eigenvalue weighted by molar-refractivity contribution is 0.225. The maximum Gasteiger partial charge on any atom is 0.00672 e. The molecule has 0 saturated heterocycles. The van der Waals surface area contributed by atoms with E-state index in [2.05, 4.69) is 5.32 Å². The Morgan fingerprint density at radius 3 is 2.27 bits per heavy atom. The fourth-order valence-corrected chi connectivity index (χ4v) is 2.98. The summed E-state index contributed by atoms with van der Waals surface area (Å²) in [6, 6.07) is 0.822. The molecule has 2 aliphatic carbocycles. The van der Waals surface area contributed by atoms with Gasteiger partial charge in [-0.25, -0.2) is 0 Å². The summed E-state index contributed by atoms with van der Waals surface area (Å²) in [4.78, 5) is 0. The molecule has 2 rings (SSSR count). The van der Waals surface area contributed by atoms with Crippen LogP contribution in [0.5, 0.6) is 0 Å². The van der Waals surface area contributed by atoms with E-state index in [1.807, 2.05) is 0 Å². The SMILES string of the molecule is NCC(CNC1CCC1)C1CCCCC1. The minimum absolute atomic E-state index is 0.742. The summed E-state index contributed by atoms with van der Waals surface area (Å²) in [5, 5.41) is 3.69. The molecule has 1 unspecified atom stereocenters. The topological polar surface area (TPSA) is 38.0 Å². The molecule has 0 amide bonds. The third-order valence-corrected chi connectivity index (χ3v) is 4.39. The van der Waals surface area contributed by atoms with Gasteiger partial charge in [0.1, 0.15) is 0 Å². The predicted octanol–water partition coefficient (Wildman–Crippen LogP) is 2.28. The fourth-order valence-electron chi connectivity index (χ4n) is 2.98. The highest BCUT2D eigenvalue weighted by Gasteiger charge is 2.24. The second kappa shape index (κ2) is 5.86. The van der Waals surface area contributed by atoms with E-state index in [9.17, 15) is 0 Å². The molecule has 0 bridgehead atoms. The smallest absolute Gasteiger partial charge is 0.00672 e. The van der Waals surface area contributed by atoms with Gasteiger partial charge in [-0.05, 0) is 37.8 Å². The Hall–Kier alpha value is -0.0800. The van der Waals surface area contributed by atoms with E-state index < -0.39 is 0 Å². The maximum atomic E-state index is 5.91. The Morgan fingerprint density at radius 1 is 1.00 bits per heavy atom. The Morgan fingerprint density at radius 2 is 1.73 bits per heavy atom. The van der Waals surface area contributed by atoms with Crippen LogP contribution in [-0.2, 0) is 0 Å². The molecule has 0 spiro atoms. The molecular formula is C13H26N2. The molecule has 3 N–H and O–H groups in total. The average molecular weight is 210 g/mol. The van der Waals surface area contributed by atoms with Gasteiger partial charge in [0.2, 0.25) is 0 Å². The largest absolute Gasteiger partial charge is 0.330 e. The van der Waals surface area contributed by atoms with Gasteiger partial charge in [0.15, 0.2) is 0 Å². The van der Waals surface area contributed by atoms with Crippen LogP contribution in [0.25, 0.3) is 0 Å². The van der Waals surface area contributed by atoms with Gasteiger partial charge < -0.3 is 11.1 Å².